The van der Waals surface area contributed by atoms with Crippen LogP contribution in [0.2, 0.25) is 0 Å². The van der Waals surface area contributed by atoms with Crippen LogP contribution < -0.4 is 4.74 Å². The van der Waals surface area contributed by atoms with Crippen LogP contribution in [0, 0.1) is 24.0 Å². The van der Waals surface area contributed by atoms with Crippen molar-refractivity contribution in [2.24, 2.45) is 0 Å². The summed E-state index contributed by atoms with van der Waals surface area (Å²) >= 11 is 1.49. The smallest absolute Gasteiger partial charge is 0.311 e. The summed E-state index contributed by atoms with van der Waals surface area (Å²) in [5, 5.41) is 11.5. The van der Waals surface area contributed by atoms with Gasteiger partial charge in [-0.2, -0.15) is 0 Å². The third kappa shape index (κ3) is 4.31. The molecule has 0 bridgehead atoms. The highest BCUT2D eigenvalue weighted by Gasteiger charge is 2.48. The van der Waals surface area contributed by atoms with E-state index in [-0.39, 0.29) is 23.8 Å². The van der Waals surface area contributed by atoms with E-state index in [1.54, 1.807) is 13.0 Å². The van der Waals surface area contributed by atoms with Crippen LogP contribution >= 0.6 is 11.8 Å². The summed E-state index contributed by atoms with van der Waals surface area (Å²) in [4.78, 5) is 27.9. The van der Waals surface area contributed by atoms with Crippen molar-refractivity contribution in [2.75, 3.05) is 26.2 Å². The Morgan fingerprint density at radius 1 is 1.14 bits per heavy atom. The fourth-order valence-electron chi connectivity index (χ4n) is 3.58. The molecule has 1 aliphatic heterocycles. The molecule has 0 spiro atoms. The zero-order chi connectivity index (χ0) is 21.2. The van der Waals surface area contributed by atoms with Gasteiger partial charge in [0.1, 0.15) is 11.4 Å². The molecule has 1 aliphatic rings. The molecule has 0 unspecified atom stereocenters. The maximum absolute atomic E-state index is 13.8. The molecule has 0 fully saturated rings. The van der Waals surface area contributed by atoms with Crippen molar-refractivity contribution in [2.45, 2.75) is 37.3 Å². The predicted octanol–water partition coefficient (Wildman–Crippen LogP) is 4.66. The summed E-state index contributed by atoms with van der Waals surface area (Å²) in [6, 6.07) is 11.2. The number of ether oxygens (including phenoxy) is 1. The summed E-state index contributed by atoms with van der Waals surface area (Å²) in [6.07, 6.45) is 0. The third-order valence-corrected chi connectivity index (χ3v) is 6.56. The van der Waals surface area contributed by atoms with E-state index in [0.717, 1.165) is 23.5 Å². The number of thioether (sulfide) groups is 1. The molecule has 1 atom stereocenters. The van der Waals surface area contributed by atoms with E-state index in [0.29, 0.717) is 17.7 Å². The summed E-state index contributed by atoms with van der Waals surface area (Å²) < 4.78 is 5.07. The van der Waals surface area contributed by atoms with Gasteiger partial charge in [-0.05, 0) is 50.7 Å². The van der Waals surface area contributed by atoms with Crippen LogP contribution in [-0.2, 0) is 0 Å². The van der Waals surface area contributed by atoms with Crippen molar-refractivity contribution in [3.05, 3.63) is 63.2 Å². The van der Waals surface area contributed by atoms with Gasteiger partial charge >= 0.3 is 5.69 Å². The molecule has 2 aromatic rings. The second-order valence-electron chi connectivity index (χ2n) is 7.41. The fraction of sp³-hybridized carbons (Fsp3) is 0.409. The molecule has 1 heterocycles. The molecule has 0 aliphatic carbocycles. The largest absolute Gasteiger partial charge is 0.484 e. The summed E-state index contributed by atoms with van der Waals surface area (Å²) in [5.74, 6) is -0.0201. The van der Waals surface area contributed by atoms with Gasteiger partial charge < -0.3 is 9.64 Å². The van der Waals surface area contributed by atoms with E-state index in [1.807, 2.05) is 31.2 Å². The molecule has 0 N–H and O–H groups in total. The van der Waals surface area contributed by atoms with E-state index in [9.17, 15) is 14.9 Å². The lowest BCUT2D eigenvalue weighted by atomic mass is 9.91. The Morgan fingerprint density at radius 3 is 2.38 bits per heavy atom. The van der Waals surface area contributed by atoms with Crippen molar-refractivity contribution < 1.29 is 14.5 Å². The number of Topliss-reactive ketones (excluding diaryl/α,β-unsaturated/α-hetero) is 1. The van der Waals surface area contributed by atoms with Gasteiger partial charge in [0.25, 0.3) is 0 Å². The highest BCUT2D eigenvalue weighted by Crippen LogP contribution is 2.45. The van der Waals surface area contributed by atoms with Crippen LogP contribution in [0.25, 0.3) is 0 Å². The monoisotopic (exact) mass is 414 g/mol. The first kappa shape index (κ1) is 21.3. The number of nitro groups is 1. The summed E-state index contributed by atoms with van der Waals surface area (Å²) in [7, 11) is 0. The molecule has 154 valence electrons. The van der Waals surface area contributed by atoms with Crippen molar-refractivity contribution in [3.8, 4) is 5.75 Å². The lowest BCUT2D eigenvalue weighted by Gasteiger charge is -2.39. The van der Waals surface area contributed by atoms with E-state index in [4.69, 9.17) is 4.74 Å². The topological polar surface area (TPSA) is 72.7 Å². The number of hydrogen-bond donors (Lipinski definition) is 0. The maximum Gasteiger partial charge on any atom is 0.311 e. The number of hydrogen-bond acceptors (Lipinski definition) is 6. The predicted molar refractivity (Wildman–Crippen MR) is 115 cm³/mol. The number of benzene rings is 2. The lowest BCUT2D eigenvalue weighted by Crippen LogP contribution is -2.52. The molecule has 0 radical (unpaired) electrons. The van der Waals surface area contributed by atoms with Crippen LogP contribution in [0.5, 0.6) is 5.75 Å². The van der Waals surface area contributed by atoms with Gasteiger partial charge in [-0.15, -0.1) is 11.8 Å². The molecule has 0 amide bonds. The second kappa shape index (κ2) is 8.55. The Hall–Kier alpha value is -2.38. The van der Waals surface area contributed by atoms with E-state index >= 15 is 0 Å². The normalized spacial score (nSPS) is 18.4. The van der Waals surface area contributed by atoms with Gasteiger partial charge in [-0.1, -0.05) is 31.5 Å². The van der Waals surface area contributed by atoms with Crippen LogP contribution in [0.3, 0.4) is 0 Å². The van der Waals surface area contributed by atoms with Gasteiger partial charge in [0.05, 0.1) is 10.5 Å². The van der Waals surface area contributed by atoms with Crippen LogP contribution in [0.1, 0.15) is 35.3 Å². The molecule has 3 rings (SSSR count). The molecule has 0 saturated heterocycles. The van der Waals surface area contributed by atoms with Crippen molar-refractivity contribution >= 4 is 23.2 Å². The molecule has 2 aromatic carbocycles. The number of aryl methyl sites for hydroxylation is 2. The van der Waals surface area contributed by atoms with Gasteiger partial charge in [-0.25, -0.2) is 0 Å². The Balaban J connectivity index is 2.08. The first-order valence-electron chi connectivity index (χ1n) is 9.74. The first-order chi connectivity index (χ1) is 13.8. The van der Waals surface area contributed by atoms with Gasteiger partial charge in [-0.3, -0.25) is 14.9 Å². The number of rotatable bonds is 7. The summed E-state index contributed by atoms with van der Waals surface area (Å²) in [5.41, 5.74) is 1.97. The van der Waals surface area contributed by atoms with Crippen LogP contribution in [-0.4, -0.2) is 46.6 Å². The second-order valence-corrected chi connectivity index (χ2v) is 8.86. The average Bonchev–Trinajstić information content (AvgIpc) is 2.70. The average molecular weight is 415 g/mol. The van der Waals surface area contributed by atoms with Gasteiger partial charge in [0, 0.05) is 17.5 Å². The SMILES string of the molecule is CCN(CC)C[C@]1(Sc2ccc(C)cc2)COc2c(cc(C)cc2[N+](=O)[O-])C1=O. The quantitative estimate of drug-likeness (QED) is 0.485. The Kier molecular flexibility index (Phi) is 6.29. The maximum atomic E-state index is 13.8. The molecule has 7 heteroatoms. The minimum absolute atomic E-state index is 0.0882. The molecular formula is C22H26N2O4S. The van der Waals surface area contributed by atoms with E-state index < -0.39 is 9.67 Å². The van der Waals surface area contributed by atoms with E-state index in [2.05, 4.69) is 18.7 Å². The molecule has 6 nitrogen and oxygen atoms in total. The zero-order valence-electron chi connectivity index (χ0n) is 17.2. The first-order valence-corrected chi connectivity index (χ1v) is 10.6. The molecule has 0 aromatic heterocycles. The van der Waals surface area contributed by atoms with E-state index in [1.165, 1.54) is 17.8 Å². The summed E-state index contributed by atoms with van der Waals surface area (Å²) in [6.45, 7) is 10.1. The highest BCUT2D eigenvalue weighted by molar-refractivity contribution is 8.01. The Labute approximate surface area is 175 Å². The van der Waals surface area contributed by atoms with Crippen LogP contribution in [0.4, 0.5) is 5.69 Å². The highest BCUT2D eigenvalue weighted by atomic mass is 32.2. The Bertz CT molecular complexity index is 925. The molecule has 29 heavy (non-hydrogen) atoms. The Morgan fingerprint density at radius 2 is 1.79 bits per heavy atom. The number of nitro benzene ring substituents is 1. The number of ketones is 1. The van der Waals surface area contributed by atoms with Crippen molar-refractivity contribution in [1.82, 2.24) is 4.90 Å². The zero-order valence-corrected chi connectivity index (χ0v) is 18.0. The van der Waals surface area contributed by atoms with Crippen LogP contribution in [0.15, 0.2) is 41.3 Å². The minimum Gasteiger partial charge on any atom is -0.484 e. The standard InChI is InChI=1S/C22H26N2O4S/c1-5-23(6-2)13-22(29-17-9-7-15(3)8-10-17)14-28-20-18(21(22)25)11-16(4)12-19(20)24(26)27/h7-12H,5-6,13-14H2,1-4H3/t22-/m0/s1. The number of nitrogens with zero attached hydrogens (tertiary/aromatic N) is 2. The van der Waals surface area contributed by atoms with Crippen molar-refractivity contribution in [1.29, 1.82) is 0 Å². The third-order valence-electron chi connectivity index (χ3n) is 5.23. The number of carbonyl (C=O) groups excluding carboxylic acids is 1. The lowest BCUT2D eigenvalue weighted by molar-refractivity contribution is -0.386. The number of carbonyl (C=O) groups is 1. The van der Waals surface area contributed by atoms with Gasteiger partial charge in [0.15, 0.2) is 5.78 Å². The number of fused-ring (bicyclic) bond motifs is 1. The van der Waals surface area contributed by atoms with Crippen molar-refractivity contribution in [3.63, 3.8) is 0 Å². The minimum atomic E-state index is -0.865. The van der Waals surface area contributed by atoms with Gasteiger partial charge in [0.2, 0.25) is 5.75 Å². The molecule has 0 saturated carbocycles. The fourth-order valence-corrected chi connectivity index (χ4v) is 4.87. The molecular weight excluding hydrogens is 388 g/mol.